The average molecular weight is 408 g/mol. The fraction of sp³-hybridized carbons (Fsp3) is 0.538. The third-order valence-electron chi connectivity index (χ3n) is 6.32. The van der Waals surface area contributed by atoms with Crippen LogP contribution >= 0.6 is 0 Å². The predicted molar refractivity (Wildman–Crippen MR) is 123 cm³/mol. The summed E-state index contributed by atoms with van der Waals surface area (Å²) in [4.78, 5) is 19.9. The Hall–Kier alpha value is -2.20. The quantitative estimate of drug-likeness (QED) is 0.687. The Morgan fingerprint density at radius 2 is 1.77 bits per heavy atom. The Labute approximate surface area is 182 Å². The third-order valence-corrected chi connectivity index (χ3v) is 6.32. The van der Waals surface area contributed by atoms with Crippen molar-refractivity contribution in [3.63, 3.8) is 0 Å². The van der Waals surface area contributed by atoms with Gasteiger partial charge >= 0.3 is 0 Å². The van der Waals surface area contributed by atoms with Gasteiger partial charge in [-0.1, -0.05) is 64.1 Å². The molecule has 0 spiro atoms. The van der Waals surface area contributed by atoms with Crippen molar-refractivity contribution in [3.05, 3.63) is 66.0 Å². The summed E-state index contributed by atoms with van der Waals surface area (Å²) < 4.78 is 0. The van der Waals surface area contributed by atoms with E-state index in [9.17, 15) is 4.79 Å². The second-order valence-corrected chi connectivity index (χ2v) is 9.74. The first-order chi connectivity index (χ1) is 14.3. The number of carbonyl (C=O) groups excluding carboxylic acids is 1. The van der Waals surface area contributed by atoms with Gasteiger partial charge in [0.2, 0.25) is 5.91 Å². The van der Waals surface area contributed by atoms with Crippen molar-refractivity contribution in [2.24, 2.45) is 11.3 Å². The lowest BCUT2D eigenvalue weighted by Gasteiger charge is -2.37. The van der Waals surface area contributed by atoms with Gasteiger partial charge in [-0.05, 0) is 68.4 Å². The molecule has 162 valence electrons. The van der Waals surface area contributed by atoms with Gasteiger partial charge in [0.05, 0.1) is 11.7 Å². The molecule has 0 saturated carbocycles. The van der Waals surface area contributed by atoms with E-state index in [2.05, 4.69) is 52.5 Å². The summed E-state index contributed by atoms with van der Waals surface area (Å²) in [5.74, 6) is 1.10. The van der Waals surface area contributed by atoms with Gasteiger partial charge in [0.25, 0.3) is 0 Å². The molecule has 1 aromatic carbocycles. The maximum atomic E-state index is 12.7. The van der Waals surface area contributed by atoms with Crippen molar-refractivity contribution in [1.29, 1.82) is 0 Å². The van der Waals surface area contributed by atoms with E-state index in [1.807, 2.05) is 45.2 Å². The normalized spacial score (nSPS) is 18.0. The van der Waals surface area contributed by atoms with Crippen LogP contribution in [-0.2, 0) is 4.79 Å². The SMILES string of the molecule is CC(CCN1CCC(C(NC(=O)C(C)(C)C)c2ccccn2)CC1)c1ccccc1. The van der Waals surface area contributed by atoms with E-state index in [-0.39, 0.29) is 11.9 Å². The van der Waals surface area contributed by atoms with Crippen molar-refractivity contribution in [2.45, 2.75) is 58.9 Å². The molecular weight excluding hydrogens is 370 g/mol. The van der Waals surface area contributed by atoms with E-state index in [4.69, 9.17) is 0 Å². The largest absolute Gasteiger partial charge is 0.347 e. The van der Waals surface area contributed by atoms with E-state index in [1.54, 1.807) is 0 Å². The topological polar surface area (TPSA) is 45.2 Å². The van der Waals surface area contributed by atoms with Crippen molar-refractivity contribution in [1.82, 2.24) is 15.2 Å². The minimum absolute atomic E-state index is 0.0108. The molecule has 1 amide bonds. The summed E-state index contributed by atoms with van der Waals surface area (Å²) in [6.45, 7) is 11.5. The number of rotatable bonds is 7. The number of benzene rings is 1. The van der Waals surface area contributed by atoms with Crippen molar-refractivity contribution < 1.29 is 4.79 Å². The summed E-state index contributed by atoms with van der Waals surface area (Å²) in [5, 5.41) is 3.31. The van der Waals surface area contributed by atoms with Gasteiger partial charge in [-0.15, -0.1) is 0 Å². The van der Waals surface area contributed by atoms with Crippen LogP contribution in [0.1, 0.15) is 70.2 Å². The Morgan fingerprint density at radius 1 is 1.10 bits per heavy atom. The lowest BCUT2D eigenvalue weighted by atomic mass is 9.85. The number of amides is 1. The molecule has 1 aliphatic heterocycles. The highest BCUT2D eigenvalue weighted by Crippen LogP contribution is 2.31. The fourth-order valence-corrected chi connectivity index (χ4v) is 4.19. The van der Waals surface area contributed by atoms with Gasteiger partial charge in [-0.2, -0.15) is 0 Å². The van der Waals surface area contributed by atoms with Gasteiger partial charge in [0, 0.05) is 11.6 Å². The van der Waals surface area contributed by atoms with Crippen LogP contribution in [0.4, 0.5) is 0 Å². The second kappa shape index (κ2) is 10.2. The molecule has 1 saturated heterocycles. The molecule has 1 aliphatic rings. The highest BCUT2D eigenvalue weighted by molar-refractivity contribution is 5.81. The summed E-state index contributed by atoms with van der Waals surface area (Å²) in [6, 6.07) is 16.8. The number of aromatic nitrogens is 1. The van der Waals surface area contributed by atoms with E-state index in [0.717, 1.165) is 38.2 Å². The van der Waals surface area contributed by atoms with Gasteiger partial charge in [-0.25, -0.2) is 0 Å². The molecule has 1 N–H and O–H groups in total. The molecule has 2 aromatic rings. The van der Waals surface area contributed by atoms with E-state index in [0.29, 0.717) is 11.8 Å². The molecule has 4 heteroatoms. The number of hydrogen-bond donors (Lipinski definition) is 1. The third kappa shape index (κ3) is 6.15. The maximum Gasteiger partial charge on any atom is 0.225 e. The van der Waals surface area contributed by atoms with Crippen LogP contribution in [0.3, 0.4) is 0 Å². The lowest BCUT2D eigenvalue weighted by Crippen LogP contribution is -2.44. The highest BCUT2D eigenvalue weighted by Gasteiger charge is 2.32. The zero-order valence-electron chi connectivity index (χ0n) is 19.0. The van der Waals surface area contributed by atoms with Gasteiger partial charge in [0.1, 0.15) is 0 Å². The van der Waals surface area contributed by atoms with Crippen LogP contribution < -0.4 is 5.32 Å². The average Bonchev–Trinajstić information content (AvgIpc) is 2.76. The van der Waals surface area contributed by atoms with Crippen LogP contribution in [0, 0.1) is 11.3 Å². The van der Waals surface area contributed by atoms with E-state index < -0.39 is 5.41 Å². The van der Waals surface area contributed by atoms with Crippen molar-refractivity contribution in [2.75, 3.05) is 19.6 Å². The first-order valence-corrected chi connectivity index (χ1v) is 11.3. The lowest BCUT2D eigenvalue weighted by molar-refractivity contribution is -0.129. The molecule has 0 radical (unpaired) electrons. The van der Waals surface area contributed by atoms with Crippen LogP contribution in [0.15, 0.2) is 54.7 Å². The van der Waals surface area contributed by atoms with E-state index >= 15 is 0 Å². The standard InChI is InChI=1S/C26H37N3O/c1-20(21-10-6-5-7-11-21)13-17-29-18-14-22(15-19-29)24(23-12-8-9-16-27-23)28-25(30)26(2,3)4/h5-12,16,20,22,24H,13-15,17-19H2,1-4H3,(H,28,30). The van der Waals surface area contributed by atoms with Crippen LogP contribution in [-0.4, -0.2) is 35.4 Å². The first kappa shape index (κ1) is 22.5. The Kier molecular flexibility index (Phi) is 7.65. The molecule has 2 atom stereocenters. The molecule has 2 heterocycles. The number of nitrogens with one attached hydrogen (secondary N) is 1. The molecular formula is C26H37N3O. The Morgan fingerprint density at radius 3 is 2.37 bits per heavy atom. The minimum Gasteiger partial charge on any atom is -0.347 e. The molecule has 3 rings (SSSR count). The Bertz CT molecular complexity index is 777. The van der Waals surface area contributed by atoms with Gasteiger partial charge in [-0.3, -0.25) is 9.78 Å². The predicted octanol–water partition coefficient (Wildman–Crippen LogP) is 5.19. The van der Waals surface area contributed by atoms with Crippen molar-refractivity contribution >= 4 is 5.91 Å². The molecule has 2 unspecified atom stereocenters. The zero-order valence-corrected chi connectivity index (χ0v) is 19.0. The zero-order chi connectivity index (χ0) is 21.6. The molecule has 4 nitrogen and oxygen atoms in total. The summed E-state index contributed by atoms with van der Waals surface area (Å²) in [6.07, 6.45) is 5.18. The van der Waals surface area contributed by atoms with Gasteiger partial charge < -0.3 is 10.2 Å². The summed E-state index contributed by atoms with van der Waals surface area (Å²) in [5.41, 5.74) is 2.00. The number of piperidine rings is 1. The minimum atomic E-state index is -0.401. The number of carbonyl (C=O) groups is 1. The Balaban J connectivity index is 1.57. The molecule has 30 heavy (non-hydrogen) atoms. The molecule has 1 aromatic heterocycles. The maximum absolute atomic E-state index is 12.7. The van der Waals surface area contributed by atoms with E-state index in [1.165, 1.54) is 12.0 Å². The first-order valence-electron chi connectivity index (χ1n) is 11.3. The van der Waals surface area contributed by atoms with Crippen LogP contribution in [0.5, 0.6) is 0 Å². The van der Waals surface area contributed by atoms with Crippen LogP contribution in [0.2, 0.25) is 0 Å². The number of hydrogen-bond acceptors (Lipinski definition) is 3. The fourth-order valence-electron chi connectivity index (χ4n) is 4.19. The second-order valence-electron chi connectivity index (χ2n) is 9.74. The number of likely N-dealkylation sites (tertiary alicyclic amines) is 1. The van der Waals surface area contributed by atoms with Crippen LogP contribution in [0.25, 0.3) is 0 Å². The smallest absolute Gasteiger partial charge is 0.225 e. The monoisotopic (exact) mass is 407 g/mol. The summed E-state index contributed by atoms with van der Waals surface area (Å²) in [7, 11) is 0. The molecule has 1 fully saturated rings. The van der Waals surface area contributed by atoms with Gasteiger partial charge in [0.15, 0.2) is 0 Å². The highest BCUT2D eigenvalue weighted by atomic mass is 16.2. The molecule has 0 bridgehead atoms. The number of nitrogens with zero attached hydrogens (tertiary/aromatic N) is 2. The summed E-state index contributed by atoms with van der Waals surface area (Å²) >= 11 is 0. The number of pyridine rings is 1. The van der Waals surface area contributed by atoms with Crippen molar-refractivity contribution in [3.8, 4) is 0 Å². The molecule has 0 aliphatic carbocycles.